The van der Waals surface area contributed by atoms with Crippen LogP contribution in [0.2, 0.25) is 0 Å². The van der Waals surface area contributed by atoms with Crippen molar-refractivity contribution in [3.05, 3.63) is 29.3 Å². The highest BCUT2D eigenvalue weighted by Gasteiger charge is 2.39. The summed E-state index contributed by atoms with van der Waals surface area (Å²) < 4.78 is 26.3. The van der Waals surface area contributed by atoms with Gasteiger partial charge >= 0.3 is 0 Å². The SMILES string of the molecule is Cc1ccc(C)c(S(=O)(=O)N2CC(=O)NC(=O)C2C)c1. The molecule has 108 valence electrons. The van der Waals surface area contributed by atoms with Gasteiger partial charge in [-0.15, -0.1) is 0 Å². The number of aryl methyl sites for hydroxylation is 2. The summed E-state index contributed by atoms with van der Waals surface area (Å²) in [4.78, 5) is 23.2. The van der Waals surface area contributed by atoms with Crippen molar-refractivity contribution in [2.45, 2.75) is 31.7 Å². The van der Waals surface area contributed by atoms with Crippen molar-refractivity contribution in [2.24, 2.45) is 0 Å². The maximum Gasteiger partial charge on any atom is 0.244 e. The van der Waals surface area contributed by atoms with E-state index in [0.717, 1.165) is 9.87 Å². The van der Waals surface area contributed by atoms with Gasteiger partial charge in [0, 0.05) is 0 Å². The fourth-order valence-corrected chi connectivity index (χ4v) is 3.96. The van der Waals surface area contributed by atoms with Gasteiger partial charge in [0.05, 0.1) is 11.4 Å². The Labute approximate surface area is 117 Å². The molecule has 0 radical (unpaired) electrons. The van der Waals surface area contributed by atoms with Crippen molar-refractivity contribution in [2.75, 3.05) is 6.54 Å². The molecule has 0 spiro atoms. The summed E-state index contributed by atoms with van der Waals surface area (Å²) in [6, 6.07) is 4.16. The van der Waals surface area contributed by atoms with E-state index in [2.05, 4.69) is 5.32 Å². The van der Waals surface area contributed by atoms with Crippen LogP contribution in [0.3, 0.4) is 0 Å². The molecule has 7 heteroatoms. The number of carbonyl (C=O) groups is 2. The summed E-state index contributed by atoms with van der Waals surface area (Å²) in [6.07, 6.45) is 0. The van der Waals surface area contributed by atoms with Gasteiger partial charge in [0.2, 0.25) is 21.8 Å². The first-order valence-corrected chi connectivity index (χ1v) is 7.60. The third-order valence-electron chi connectivity index (χ3n) is 3.30. The Bertz CT molecular complexity index is 682. The van der Waals surface area contributed by atoms with Crippen LogP contribution in [-0.2, 0) is 19.6 Å². The van der Waals surface area contributed by atoms with E-state index >= 15 is 0 Å². The lowest BCUT2D eigenvalue weighted by Gasteiger charge is -2.31. The molecule has 0 aliphatic carbocycles. The first kappa shape index (κ1) is 14.7. The molecule has 20 heavy (non-hydrogen) atoms. The van der Waals surface area contributed by atoms with Crippen LogP contribution in [0.5, 0.6) is 0 Å². The number of amides is 2. The molecule has 2 rings (SSSR count). The highest BCUT2D eigenvalue weighted by molar-refractivity contribution is 7.89. The molecule has 1 aliphatic heterocycles. The molecule has 1 N–H and O–H groups in total. The lowest BCUT2D eigenvalue weighted by molar-refractivity contribution is -0.136. The minimum absolute atomic E-state index is 0.131. The lowest BCUT2D eigenvalue weighted by Crippen LogP contribution is -2.58. The van der Waals surface area contributed by atoms with Gasteiger partial charge in [0.15, 0.2) is 0 Å². The third-order valence-corrected chi connectivity index (χ3v) is 5.36. The van der Waals surface area contributed by atoms with E-state index in [1.807, 2.05) is 6.07 Å². The molecule has 1 heterocycles. The van der Waals surface area contributed by atoms with Gasteiger partial charge in [-0.2, -0.15) is 4.31 Å². The number of benzene rings is 1. The van der Waals surface area contributed by atoms with E-state index in [0.29, 0.717) is 5.56 Å². The molecular weight excluding hydrogens is 280 g/mol. The number of nitrogens with zero attached hydrogens (tertiary/aromatic N) is 1. The van der Waals surface area contributed by atoms with Gasteiger partial charge in [0.1, 0.15) is 6.04 Å². The van der Waals surface area contributed by atoms with Crippen molar-refractivity contribution in [3.63, 3.8) is 0 Å². The molecule has 0 bridgehead atoms. The van der Waals surface area contributed by atoms with Crippen LogP contribution < -0.4 is 5.32 Å². The van der Waals surface area contributed by atoms with Crippen LogP contribution >= 0.6 is 0 Å². The normalized spacial score (nSPS) is 20.9. The van der Waals surface area contributed by atoms with Gasteiger partial charge < -0.3 is 0 Å². The minimum atomic E-state index is -3.88. The smallest absolute Gasteiger partial charge is 0.244 e. The van der Waals surface area contributed by atoms with Crippen LogP contribution in [0.15, 0.2) is 23.1 Å². The van der Waals surface area contributed by atoms with Crippen molar-refractivity contribution in [1.29, 1.82) is 0 Å². The maximum atomic E-state index is 12.7. The molecule has 1 aromatic carbocycles. The molecule has 0 aromatic heterocycles. The summed E-state index contributed by atoms with van der Waals surface area (Å²) in [5.74, 6) is -1.21. The fourth-order valence-electron chi connectivity index (χ4n) is 2.10. The molecule has 1 aliphatic rings. The van der Waals surface area contributed by atoms with E-state index < -0.39 is 27.9 Å². The summed E-state index contributed by atoms with van der Waals surface area (Å²) >= 11 is 0. The zero-order valence-corrected chi connectivity index (χ0v) is 12.3. The van der Waals surface area contributed by atoms with Gasteiger partial charge in [-0.25, -0.2) is 8.42 Å². The molecule has 1 saturated heterocycles. The van der Waals surface area contributed by atoms with E-state index in [1.165, 1.54) is 6.92 Å². The molecule has 1 unspecified atom stereocenters. The molecule has 0 saturated carbocycles. The Hall–Kier alpha value is -1.73. The minimum Gasteiger partial charge on any atom is -0.294 e. The number of rotatable bonds is 2. The van der Waals surface area contributed by atoms with Crippen molar-refractivity contribution < 1.29 is 18.0 Å². The second kappa shape index (κ2) is 4.99. The largest absolute Gasteiger partial charge is 0.294 e. The summed E-state index contributed by atoms with van der Waals surface area (Å²) in [6.45, 7) is 4.59. The molecular formula is C13H16N2O4S. The van der Waals surface area contributed by atoms with Gasteiger partial charge in [0.25, 0.3) is 0 Å². The van der Waals surface area contributed by atoms with Gasteiger partial charge in [-0.1, -0.05) is 12.1 Å². The van der Waals surface area contributed by atoms with Crippen LogP contribution in [0.1, 0.15) is 18.1 Å². The fraction of sp³-hybridized carbons (Fsp3) is 0.385. The summed E-state index contributed by atoms with van der Waals surface area (Å²) in [7, 11) is -3.88. The first-order chi connectivity index (χ1) is 9.23. The van der Waals surface area contributed by atoms with Crippen LogP contribution in [0, 0.1) is 13.8 Å². The van der Waals surface area contributed by atoms with Gasteiger partial charge in [-0.05, 0) is 38.0 Å². The van der Waals surface area contributed by atoms with Crippen LogP contribution in [0.4, 0.5) is 0 Å². The Kier molecular flexibility index (Phi) is 3.66. The standard InChI is InChI=1S/C13H16N2O4S/c1-8-4-5-9(2)11(6-8)20(18,19)15-7-12(16)14-13(17)10(15)3/h4-6,10H,7H2,1-3H3,(H,14,16,17). The van der Waals surface area contributed by atoms with Crippen LogP contribution in [-0.4, -0.2) is 37.1 Å². The molecule has 2 amide bonds. The summed E-state index contributed by atoms with van der Waals surface area (Å²) in [5, 5.41) is 2.12. The average Bonchev–Trinajstić information content (AvgIpc) is 2.36. The van der Waals surface area contributed by atoms with Crippen molar-refractivity contribution in [1.82, 2.24) is 9.62 Å². The quantitative estimate of drug-likeness (QED) is 0.798. The zero-order valence-electron chi connectivity index (χ0n) is 11.5. The Morgan fingerprint density at radius 3 is 2.55 bits per heavy atom. The second-order valence-corrected chi connectivity index (χ2v) is 6.77. The number of hydrogen-bond acceptors (Lipinski definition) is 4. The molecule has 1 atom stereocenters. The number of hydrogen-bond donors (Lipinski definition) is 1. The van der Waals surface area contributed by atoms with E-state index in [9.17, 15) is 18.0 Å². The summed E-state index contributed by atoms with van der Waals surface area (Å²) in [5.41, 5.74) is 1.39. The highest BCUT2D eigenvalue weighted by atomic mass is 32.2. The number of sulfonamides is 1. The van der Waals surface area contributed by atoms with Crippen LogP contribution in [0.25, 0.3) is 0 Å². The predicted molar refractivity (Wildman–Crippen MR) is 72.4 cm³/mol. The van der Waals surface area contributed by atoms with Gasteiger partial charge in [-0.3, -0.25) is 14.9 Å². The highest BCUT2D eigenvalue weighted by Crippen LogP contribution is 2.24. The Morgan fingerprint density at radius 1 is 1.25 bits per heavy atom. The van der Waals surface area contributed by atoms with E-state index in [1.54, 1.807) is 26.0 Å². The monoisotopic (exact) mass is 296 g/mol. The Balaban J connectivity index is 2.51. The maximum absolute atomic E-state index is 12.7. The van der Waals surface area contributed by atoms with Crippen molar-refractivity contribution in [3.8, 4) is 0 Å². The second-order valence-electron chi connectivity index (χ2n) is 4.91. The van der Waals surface area contributed by atoms with E-state index in [4.69, 9.17) is 0 Å². The predicted octanol–water partition coefficient (Wildman–Crippen LogP) is 0.339. The van der Waals surface area contributed by atoms with Crippen molar-refractivity contribution >= 4 is 21.8 Å². The van der Waals surface area contributed by atoms with E-state index in [-0.39, 0.29) is 11.4 Å². The lowest BCUT2D eigenvalue weighted by atomic mass is 10.2. The first-order valence-electron chi connectivity index (χ1n) is 6.16. The number of carbonyl (C=O) groups excluding carboxylic acids is 2. The molecule has 1 aromatic rings. The average molecular weight is 296 g/mol. The third kappa shape index (κ3) is 2.46. The Morgan fingerprint density at radius 2 is 1.90 bits per heavy atom. The topological polar surface area (TPSA) is 83.6 Å². The molecule has 1 fully saturated rings. The number of piperazine rings is 1. The number of nitrogens with one attached hydrogen (secondary N) is 1. The molecule has 6 nitrogen and oxygen atoms in total. The zero-order chi connectivity index (χ0) is 15.1. The number of imide groups is 1.